The number of rotatable bonds is 8. The molecule has 0 spiro atoms. The summed E-state index contributed by atoms with van der Waals surface area (Å²) in [6.45, 7) is 6.06. The van der Waals surface area contributed by atoms with Gasteiger partial charge < -0.3 is 15.0 Å². The fourth-order valence-electron chi connectivity index (χ4n) is 4.37. The summed E-state index contributed by atoms with van der Waals surface area (Å²) < 4.78 is 33.6. The monoisotopic (exact) mass is 441 g/mol. The minimum atomic E-state index is -0.656. The summed E-state index contributed by atoms with van der Waals surface area (Å²) in [6.07, 6.45) is 4.90. The second-order valence-corrected chi connectivity index (χ2v) is 8.48. The number of likely N-dealkylation sites (tertiary alicyclic amines) is 1. The number of anilines is 2. The Morgan fingerprint density at radius 1 is 1.12 bits per heavy atom. The highest BCUT2D eigenvalue weighted by atomic mass is 19.1. The molecular weight excluding hydrogens is 412 g/mol. The van der Waals surface area contributed by atoms with Gasteiger partial charge in [0, 0.05) is 32.0 Å². The molecule has 3 aromatic rings. The molecule has 4 rings (SSSR count). The zero-order valence-electron chi connectivity index (χ0n) is 18.5. The number of halogens is 2. The molecule has 1 fully saturated rings. The Morgan fingerprint density at radius 3 is 2.72 bits per heavy atom. The van der Waals surface area contributed by atoms with Crippen molar-refractivity contribution in [1.29, 1.82) is 0 Å². The molecule has 2 heterocycles. The lowest BCUT2D eigenvalue weighted by atomic mass is 9.90. The van der Waals surface area contributed by atoms with Gasteiger partial charge in [-0.15, -0.1) is 5.10 Å². The maximum atomic E-state index is 13.5. The highest BCUT2D eigenvalue weighted by Gasteiger charge is 2.20. The number of benzene rings is 2. The van der Waals surface area contributed by atoms with Crippen molar-refractivity contribution in [2.75, 3.05) is 38.7 Å². The summed E-state index contributed by atoms with van der Waals surface area (Å²) in [5.41, 5.74) is 3.61. The van der Waals surface area contributed by atoms with Gasteiger partial charge in [0.2, 0.25) is 5.95 Å². The Kier molecular flexibility index (Phi) is 7.12. The highest BCUT2D eigenvalue weighted by molar-refractivity contribution is 5.56. The minimum Gasteiger partial charge on any atom is -0.383 e. The molecule has 0 aliphatic carbocycles. The molecule has 1 aromatic heterocycles. The predicted octanol–water partition coefficient (Wildman–Crippen LogP) is 4.50. The van der Waals surface area contributed by atoms with E-state index in [2.05, 4.69) is 39.4 Å². The van der Waals surface area contributed by atoms with Gasteiger partial charge in [-0.1, -0.05) is 6.07 Å². The number of methoxy groups -OCH3 is 1. The van der Waals surface area contributed by atoms with Gasteiger partial charge in [-0.3, -0.25) is 0 Å². The van der Waals surface area contributed by atoms with Crippen LogP contribution in [0.3, 0.4) is 0 Å². The second kappa shape index (κ2) is 10.2. The minimum absolute atomic E-state index is 0.281. The van der Waals surface area contributed by atoms with E-state index in [1.54, 1.807) is 7.11 Å². The van der Waals surface area contributed by atoms with Crippen LogP contribution in [0.1, 0.15) is 24.0 Å². The number of hydrogen-bond donors (Lipinski definition) is 1. The summed E-state index contributed by atoms with van der Waals surface area (Å²) >= 11 is 0. The molecule has 0 radical (unpaired) electrons. The Morgan fingerprint density at radius 2 is 1.94 bits per heavy atom. The largest absolute Gasteiger partial charge is 0.383 e. The quantitative estimate of drug-likeness (QED) is 0.558. The van der Waals surface area contributed by atoms with Crippen molar-refractivity contribution in [3.8, 4) is 5.69 Å². The number of aromatic nitrogens is 3. The van der Waals surface area contributed by atoms with Gasteiger partial charge in [0.15, 0.2) is 0 Å². The lowest BCUT2D eigenvalue weighted by molar-refractivity contribution is 0.114. The van der Waals surface area contributed by atoms with Crippen LogP contribution < -0.4 is 5.32 Å². The van der Waals surface area contributed by atoms with Gasteiger partial charge in [0.25, 0.3) is 0 Å². The van der Waals surface area contributed by atoms with Crippen molar-refractivity contribution < 1.29 is 13.5 Å². The number of nitrogens with zero attached hydrogens (tertiary/aromatic N) is 4. The molecule has 1 aliphatic heterocycles. The molecule has 6 nitrogen and oxygen atoms in total. The van der Waals surface area contributed by atoms with Crippen molar-refractivity contribution >= 4 is 11.6 Å². The van der Waals surface area contributed by atoms with Gasteiger partial charge in [0.1, 0.15) is 18.0 Å². The van der Waals surface area contributed by atoms with E-state index in [4.69, 9.17) is 4.74 Å². The number of aryl methyl sites for hydroxylation is 1. The fourth-order valence-corrected chi connectivity index (χ4v) is 4.37. The summed E-state index contributed by atoms with van der Waals surface area (Å²) in [5, 5.41) is 7.54. The van der Waals surface area contributed by atoms with Crippen LogP contribution in [0.4, 0.5) is 20.4 Å². The van der Waals surface area contributed by atoms with Crippen molar-refractivity contribution in [2.45, 2.75) is 26.2 Å². The molecule has 8 heteroatoms. The van der Waals surface area contributed by atoms with E-state index in [1.807, 2.05) is 6.07 Å². The predicted molar refractivity (Wildman–Crippen MR) is 120 cm³/mol. The standard InChI is InChI=1S/C24H29F2N5O/c1-17-8-19(10-18-4-3-5-30(15-18)6-7-32-2)11-22(9-17)28-24-27-16-31(29-24)23-13-20(25)12-21(26)14-23/h8-9,11-14,16,18H,3-7,10,15H2,1-2H3,(H,28,29). The number of piperidine rings is 1. The second-order valence-electron chi connectivity index (χ2n) is 8.48. The zero-order valence-corrected chi connectivity index (χ0v) is 18.5. The first-order chi connectivity index (χ1) is 15.5. The SMILES string of the molecule is COCCN1CCCC(Cc2cc(C)cc(Nc3ncn(-c4cc(F)cc(F)c4)n3)c2)C1. The normalized spacial score (nSPS) is 16.9. The van der Waals surface area contributed by atoms with Gasteiger partial charge in [-0.05, 0) is 74.0 Å². The molecule has 170 valence electrons. The topological polar surface area (TPSA) is 55.2 Å². The van der Waals surface area contributed by atoms with E-state index < -0.39 is 11.6 Å². The van der Waals surface area contributed by atoms with Crippen molar-refractivity contribution in [2.24, 2.45) is 5.92 Å². The smallest absolute Gasteiger partial charge is 0.246 e. The van der Waals surface area contributed by atoms with E-state index in [0.29, 0.717) is 11.9 Å². The Hall–Kier alpha value is -2.84. The van der Waals surface area contributed by atoms with E-state index in [-0.39, 0.29) is 5.69 Å². The Bertz CT molecular complexity index is 1030. The van der Waals surface area contributed by atoms with Crippen LogP contribution in [0.25, 0.3) is 5.69 Å². The summed E-state index contributed by atoms with van der Waals surface area (Å²) in [7, 11) is 1.75. The highest BCUT2D eigenvalue weighted by Crippen LogP contribution is 2.24. The van der Waals surface area contributed by atoms with E-state index >= 15 is 0 Å². The molecule has 0 saturated carbocycles. The van der Waals surface area contributed by atoms with Crippen molar-refractivity contribution in [3.63, 3.8) is 0 Å². The van der Waals surface area contributed by atoms with E-state index in [0.717, 1.165) is 50.0 Å². The van der Waals surface area contributed by atoms with Crippen LogP contribution in [0.2, 0.25) is 0 Å². The third-order valence-corrected chi connectivity index (χ3v) is 5.74. The average Bonchev–Trinajstić information content (AvgIpc) is 3.20. The fraction of sp³-hybridized carbons (Fsp3) is 0.417. The molecule has 1 aliphatic rings. The molecule has 1 N–H and O–H groups in total. The summed E-state index contributed by atoms with van der Waals surface area (Å²) in [4.78, 5) is 6.72. The molecule has 1 atom stereocenters. The molecule has 2 aromatic carbocycles. The van der Waals surface area contributed by atoms with Gasteiger partial charge in [-0.25, -0.2) is 13.5 Å². The molecule has 1 saturated heterocycles. The van der Waals surface area contributed by atoms with Gasteiger partial charge >= 0.3 is 0 Å². The number of hydrogen-bond acceptors (Lipinski definition) is 5. The van der Waals surface area contributed by atoms with Crippen LogP contribution in [0.15, 0.2) is 42.7 Å². The lowest BCUT2D eigenvalue weighted by Gasteiger charge is -2.32. The van der Waals surface area contributed by atoms with E-state index in [9.17, 15) is 8.78 Å². The molecular formula is C24H29F2N5O. The van der Waals surface area contributed by atoms with Crippen molar-refractivity contribution in [3.05, 3.63) is 65.5 Å². The van der Waals surface area contributed by atoms with Crippen LogP contribution in [-0.2, 0) is 11.2 Å². The average molecular weight is 442 g/mol. The Labute approximate surface area is 187 Å². The molecule has 32 heavy (non-hydrogen) atoms. The first-order valence-corrected chi connectivity index (χ1v) is 11.0. The van der Waals surface area contributed by atoms with Crippen LogP contribution in [-0.4, -0.2) is 53.0 Å². The maximum Gasteiger partial charge on any atom is 0.246 e. The zero-order chi connectivity index (χ0) is 22.5. The van der Waals surface area contributed by atoms with E-state index in [1.165, 1.54) is 41.5 Å². The first kappa shape index (κ1) is 22.4. The third-order valence-electron chi connectivity index (χ3n) is 5.74. The number of nitrogens with one attached hydrogen (secondary N) is 1. The molecule has 1 unspecified atom stereocenters. The first-order valence-electron chi connectivity index (χ1n) is 11.0. The molecule has 0 bridgehead atoms. The van der Waals surface area contributed by atoms with Crippen molar-refractivity contribution in [1.82, 2.24) is 19.7 Å². The van der Waals surface area contributed by atoms with Crippen LogP contribution in [0, 0.1) is 24.5 Å². The Balaban J connectivity index is 1.44. The van der Waals surface area contributed by atoms with Crippen LogP contribution >= 0.6 is 0 Å². The summed E-state index contributed by atoms with van der Waals surface area (Å²) in [6, 6.07) is 9.65. The lowest BCUT2D eigenvalue weighted by Crippen LogP contribution is -2.38. The van der Waals surface area contributed by atoms with Gasteiger partial charge in [-0.2, -0.15) is 4.98 Å². The summed E-state index contributed by atoms with van der Waals surface area (Å²) in [5.74, 6) is -0.321. The maximum absolute atomic E-state index is 13.5. The van der Waals surface area contributed by atoms with Gasteiger partial charge in [0.05, 0.1) is 12.3 Å². The number of ether oxygens (including phenoxy) is 1. The molecule has 0 amide bonds. The van der Waals surface area contributed by atoms with Crippen LogP contribution in [0.5, 0.6) is 0 Å². The third kappa shape index (κ3) is 5.89.